The van der Waals surface area contributed by atoms with Crippen molar-refractivity contribution in [1.82, 2.24) is 15.2 Å². The summed E-state index contributed by atoms with van der Waals surface area (Å²) in [5.41, 5.74) is 0.152. The Hall–Kier alpha value is -1.61. The highest BCUT2D eigenvalue weighted by atomic mass is 79.9. The van der Waals surface area contributed by atoms with E-state index in [1.165, 1.54) is 12.1 Å². The SMILES string of the molecule is Cl.Cl.O=C(Nc1ccc(Br)cc1F)N1CCNC[C@@H]1COc1cccnc1. The van der Waals surface area contributed by atoms with Crippen LogP contribution in [0, 0.1) is 5.82 Å². The van der Waals surface area contributed by atoms with E-state index in [4.69, 9.17) is 4.74 Å². The second-order valence-electron chi connectivity index (χ2n) is 5.61. The lowest BCUT2D eigenvalue weighted by Gasteiger charge is -2.35. The van der Waals surface area contributed by atoms with Crippen LogP contribution < -0.4 is 15.4 Å². The van der Waals surface area contributed by atoms with Gasteiger partial charge in [0.1, 0.15) is 18.2 Å². The maximum absolute atomic E-state index is 13.9. The van der Waals surface area contributed by atoms with Gasteiger partial charge in [-0.15, -0.1) is 24.8 Å². The number of carbonyl (C=O) groups is 1. The topological polar surface area (TPSA) is 66.5 Å². The number of aromatic nitrogens is 1. The number of rotatable bonds is 4. The first-order chi connectivity index (χ1) is 12.1. The van der Waals surface area contributed by atoms with Gasteiger partial charge in [0.15, 0.2) is 0 Å². The molecule has 0 aliphatic carbocycles. The Morgan fingerprint density at radius 1 is 1.41 bits per heavy atom. The van der Waals surface area contributed by atoms with Crippen molar-refractivity contribution in [1.29, 1.82) is 0 Å². The molecule has 0 saturated carbocycles. The molecule has 3 rings (SSSR count). The van der Waals surface area contributed by atoms with E-state index in [0.717, 1.165) is 0 Å². The Morgan fingerprint density at radius 3 is 2.93 bits per heavy atom. The number of ether oxygens (including phenoxy) is 1. The molecule has 10 heteroatoms. The monoisotopic (exact) mass is 480 g/mol. The fourth-order valence-electron chi connectivity index (χ4n) is 2.58. The molecule has 0 unspecified atom stereocenters. The molecular weight excluding hydrogens is 462 g/mol. The number of hydrogen-bond acceptors (Lipinski definition) is 4. The van der Waals surface area contributed by atoms with Crippen molar-refractivity contribution in [2.75, 3.05) is 31.6 Å². The fraction of sp³-hybridized carbons (Fsp3) is 0.294. The third-order valence-corrected chi connectivity index (χ3v) is 4.35. The molecule has 2 heterocycles. The minimum Gasteiger partial charge on any atom is -0.490 e. The number of benzene rings is 1. The van der Waals surface area contributed by atoms with Crippen molar-refractivity contribution in [3.05, 3.63) is 53.0 Å². The molecule has 0 spiro atoms. The van der Waals surface area contributed by atoms with Crippen LogP contribution in [0.3, 0.4) is 0 Å². The molecule has 2 amide bonds. The number of halogens is 4. The van der Waals surface area contributed by atoms with E-state index in [1.54, 1.807) is 29.4 Å². The van der Waals surface area contributed by atoms with Crippen LogP contribution in [-0.2, 0) is 0 Å². The van der Waals surface area contributed by atoms with Gasteiger partial charge in [0, 0.05) is 30.3 Å². The summed E-state index contributed by atoms with van der Waals surface area (Å²) in [5, 5.41) is 5.87. The van der Waals surface area contributed by atoms with Crippen LogP contribution in [0.15, 0.2) is 47.2 Å². The van der Waals surface area contributed by atoms with Crippen molar-refractivity contribution in [2.45, 2.75) is 6.04 Å². The maximum atomic E-state index is 13.9. The van der Waals surface area contributed by atoms with Gasteiger partial charge in [-0.1, -0.05) is 15.9 Å². The summed E-state index contributed by atoms with van der Waals surface area (Å²) in [5.74, 6) is 0.161. The van der Waals surface area contributed by atoms with Gasteiger partial charge in [0.2, 0.25) is 0 Å². The first kappa shape index (κ1) is 23.4. The van der Waals surface area contributed by atoms with E-state index in [9.17, 15) is 9.18 Å². The Kier molecular flexibility index (Phi) is 9.79. The molecule has 1 saturated heterocycles. The largest absolute Gasteiger partial charge is 0.490 e. The second-order valence-corrected chi connectivity index (χ2v) is 6.52. The standard InChI is InChI=1S/C17H18BrFN4O2.2ClH/c18-12-3-4-16(15(19)8-12)22-17(24)23-7-6-21-9-13(23)11-25-14-2-1-5-20-10-14;;/h1-5,8,10,13,21H,6-7,9,11H2,(H,22,24);2*1H/t13-;;/m1../s1. The van der Waals surface area contributed by atoms with Crippen LogP contribution in [0.2, 0.25) is 0 Å². The Morgan fingerprint density at radius 2 is 2.22 bits per heavy atom. The number of piperazine rings is 1. The Bertz CT molecular complexity index is 742. The number of urea groups is 1. The summed E-state index contributed by atoms with van der Waals surface area (Å²) in [7, 11) is 0. The number of pyridine rings is 1. The van der Waals surface area contributed by atoms with E-state index in [-0.39, 0.29) is 42.6 Å². The van der Waals surface area contributed by atoms with Gasteiger partial charge in [-0.2, -0.15) is 0 Å². The van der Waals surface area contributed by atoms with Crippen LogP contribution in [0.4, 0.5) is 14.9 Å². The molecular formula is C17H20BrCl2FN4O2. The third kappa shape index (κ3) is 6.49. The normalized spacial score (nSPS) is 15.9. The van der Waals surface area contributed by atoms with Crippen molar-refractivity contribution in [3.63, 3.8) is 0 Å². The molecule has 1 atom stereocenters. The lowest BCUT2D eigenvalue weighted by molar-refractivity contribution is 0.132. The number of nitrogens with one attached hydrogen (secondary N) is 2. The number of carbonyl (C=O) groups excluding carboxylic acids is 1. The molecule has 27 heavy (non-hydrogen) atoms. The third-order valence-electron chi connectivity index (χ3n) is 3.86. The first-order valence-electron chi connectivity index (χ1n) is 7.89. The van der Waals surface area contributed by atoms with Crippen LogP contribution in [0.5, 0.6) is 5.75 Å². The molecule has 0 radical (unpaired) electrons. The molecule has 2 N–H and O–H groups in total. The van der Waals surface area contributed by atoms with Crippen molar-refractivity contribution in [3.8, 4) is 5.75 Å². The van der Waals surface area contributed by atoms with E-state index in [1.807, 2.05) is 6.07 Å². The minimum atomic E-state index is -0.485. The smallest absolute Gasteiger partial charge is 0.322 e. The second kappa shape index (κ2) is 11.3. The van der Waals surface area contributed by atoms with Crippen LogP contribution >= 0.6 is 40.7 Å². The van der Waals surface area contributed by atoms with Gasteiger partial charge in [0.05, 0.1) is 17.9 Å². The molecule has 1 fully saturated rings. The van der Waals surface area contributed by atoms with E-state index in [2.05, 4.69) is 31.5 Å². The Balaban J connectivity index is 0.00000182. The fourth-order valence-corrected chi connectivity index (χ4v) is 2.91. The number of amides is 2. The van der Waals surface area contributed by atoms with Gasteiger partial charge < -0.3 is 20.3 Å². The average molecular weight is 482 g/mol. The van der Waals surface area contributed by atoms with E-state index in [0.29, 0.717) is 36.5 Å². The summed E-state index contributed by atoms with van der Waals surface area (Å²) in [6, 6.07) is 7.62. The zero-order valence-electron chi connectivity index (χ0n) is 14.2. The van der Waals surface area contributed by atoms with Gasteiger partial charge in [0.25, 0.3) is 0 Å². The number of hydrogen-bond donors (Lipinski definition) is 2. The van der Waals surface area contributed by atoms with Gasteiger partial charge in [-0.3, -0.25) is 4.98 Å². The van der Waals surface area contributed by atoms with Gasteiger partial charge >= 0.3 is 6.03 Å². The van der Waals surface area contributed by atoms with Crippen LogP contribution in [-0.4, -0.2) is 48.2 Å². The minimum absolute atomic E-state index is 0. The van der Waals surface area contributed by atoms with Gasteiger partial charge in [-0.05, 0) is 30.3 Å². The molecule has 0 bridgehead atoms. The predicted molar refractivity (Wildman–Crippen MR) is 111 cm³/mol. The molecule has 1 aromatic carbocycles. The zero-order valence-corrected chi connectivity index (χ0v) is 17.4. The molecule has 1 aliphatic heterocycles. The molecule has 1 aliphatic rings. The highest BCUT2D eigenvalue weighted by Crippen LogP contribution is 2.20. The van der Waals surface area contributed by atoms with E-state index < -0.39 is 5.82 Å². The quantitative estimate of drug-likeness (QED) is 0.698. The number of anilines is 1. The molecule has 6 nitrogen and oxygen atoms in total. The average Bonchev–Trinajstić information content (AvgIpc) is 2.63. The molecule has 148 valence electrons. The van der Waals surface area contributed by atoms with Gasteiger partial charge in [-0.25, -0.2) is 9.18 Å². The number of nitrogens with zero attached hydrogens (tertiary/aromatic N) is 2. The molecule has 1 aromatic heterocycles. The summed E-state index contributed by atoms with van der Waals surface area (Å²) in [4.78, 5) is 18.2. The lowest BCUT2D eigenvalue weighted by Crippen LogP contribution is -2.57. The van der Waals surface area contributed by atoms with Crippen molar-refractivity contribution < 1.29 is 13.9 Å². The maximum Gasteiger partial charge on any atom is 0.322 e. The zero-order chi connectivity index (χ0) is 17.6. The summed E-state index contributed by atoms with van der Waals surface area (Å²) < 4.78 is 20.3. The highest BCUT2D eigenvalue weighted by Gasteiger charge is 2.27. The van der Waals surface area contributed by atoms with Crippen LogP contribution in [0.1, 0.15) is 0 Å². The van der Waals surface area contributed by atoms with E-state index >= 15 is 0 Å². The summed E-state index contributed by atoms with van der Waals surface area (Å²) in [6.07, 6.45) is 3.29. The first-order valence-corrected chi connectivity index (χ1v) is 8.69. The van der Waals surface area contributed by atoms with Crippen molar-refractivity contribution >= 4 is 52.5 Å². The Labute approximate surface area is 177 Å². The molecule has 2 aromatic rings. The summed E-state index contributed by atoms with van der Waals surface area (Å²) in [6.45, 7) is 2.14. The van der Waals surface area contributed by atoms with Crippen molar-refractivity contribution in [2.24, 2.45) is 0 Å². The van der Waals surface area contributed by atoms with Crippen LogP contribution in [0.25, 0.3) is 0 Å². The highest BCUT2D eigenvalue weighted by molar-refractivity contribution is 9.10. The predicted octanol–water partition coefficient (Wildman–Crippen LogP) is 3.71. The summed E-state index contributed by atoms with van der Waals surface area (Å²) >= 11 is 3.20. The lowest BCUT2D eigenvalue weighted by atomic mass is 10.2.